The molecule has 0 heterocycles. The van der Waals surface area contributed by atoms with Crippen LogP contribution in [0.1, 0.15) is 91.4 Å². The Morgan fingerprint density at radius 1 is 0.944 bits per heavy atom. The number of rotatable bonds is 5. The van der Waals surface area contributed by atoms with Gasteiger partial charge in [-0.15, -0.1) is 0 Å². The average molecular weight is 529 g/mol. The Kier molecular flexibility index (Phi) is 7.13. The molecule has 0 aliphatic heterocycles. The highest BCUT2D eigenvalue weighted by Gasteiger charge is 2.72. The first kappa shape index (κ1) is 28.2. The monoisotopic (exact) mass is 528 g/mol. The van der Waals surface area contributed by atoms with Gasteiger partial charge in [0.05, 0.1) is 6.10 Å². The number of alkyl halides is 7. The highest BCUT2D eigenvalue weighted by molar-refractivity contribution is 5.85. The fourth-order valence-electron chi connectivity index (χ4n) is 9.23. The standard InChI is InChI=1S/C27H39F7O2/c1-15(5-4-10-25(28,26(29,30)31)27(32,33)34)20-14-21(36)22-18-7-6-16-13-17(35)8-11-23(16,2)19(18)9-12-24(20,22)3/h15-20,22,35H,4-14H2,1-3H3/t15-,16+,17?,18-,19+,20-,22-,23+,24-/m1/s1. The summed E-state index contributed by atoms with van der Waals surface area (Å²) in [7, 11) is 0. The molecular weight excluding hydrogens is 489 g/mol. The van der Waals surface area contributed by atoms with Crippen molar-refractivity contribution in [2.24, 2.45) is 46.3 Å². The topological polar surface area (TPSA) is 37.3 Å². The third-order valence-electron chi connectivity index (χ3n) is 11.2. The van der Waals surface area contributed by atoms with Crippen molar-refractivity contribution in [2.45, 2.75) is 116 Å². The number of hydrogen-bond acceptors (Lipinski definition) is 2. The summed E-state index contributed by atoms with van der Waals surface area (Å²) in [6.45, 7) is 6.19. The summed E-state index contributed by atoms with van der Waals surface area (Å²) in [6, 6.07) is 0. The van der Waals surface area contributed by atoms with E-state index in [1.54, 1.807) is 6.92 Å². The Hall–Kier alpha value is -0.860. The molecule has 36 heavy (non-hydrogen) atoms. The molecule has 0 aromatic heterocycles. The molecule has 208 valence electrons. The Morgan fingerprint density at radius 3 is 2.17 bits per heavy atom. The zero-order valence-corrected chi connectivity index (χ0v) is 21.3. The zero-order valence-electron chi connectivity index (χ0n) is 21.3. The van der Waals surface area contributed by atoms with E-state index in [1.807, 2.05) is 0 Å². The Bertz CT molecular complexity index is 825. The molecule has 1 N–H and O–H groups in total. The van der Waals surface area contributed by atoms with E-state index in [0.717, 1.165) is 44.9 Å². The van der Waals surface area contributed by atoms with Gasteiger partial charge < -0.3 is 5.11 Å². The molecule has 4 aliphatic carbocycles. The molecule has 2 nitrogen and oxygen atoms in total. The maximum Gasteiger partial charge on any atom is 0.431 e. The number of hydrogen-bond donors (Lipinski definition) is 1. The largest absolute Gasteiger partial charge is 0.431 e. The van der Waals surface area contributed by atoms with E-state index in [2.05, 4.69) is 13.8 Å². The quantitative estimate of drug-likeness (QED) is 0.370. The number of halogens is 7. The molecule has 4 rings (SSSR count). The first-order chi connectivity index (χ1) is 16.5. The minimum Gasteiger partial charge on any atom is -0.393 e. The molecule has 0 bridgehead atoms. The van der Waals surface area contributed by atoms with Crippen LogP contribution in [0.3, 0.4) is 0 Å². The van der Waals surface area contributed by atoms with Crippen LogP contribution >= 0.6 is 0 Å². The van der Waals surface area contributed by atoms with Crippen molar-refractivity contribution in [1.82, 2.24) is 0 Å². The summed E-state index contributed by atoms with van der Waals surface area (Å²) >= 11 is 0. The van der Waals surface area contributed by atoms with Crippen molar-refractivity contribution in [1.29, 1.82) is 0 Å². The Balaban J connectivity index is 1.46. The van der Waals surface area contributed by atoms with Crippen molar-refractivity contribution < 1.29 is 40.6 Å². The molecule has 4 saturated carbocycles. The predicted molar refractivity (Wildman–Crippen MR) is 121 cm³/mol. The number of Topliss-reactive ketones (excluding diaryl/α,β-unsaturated/α-hetero) is 1. The van der Waals surface area contributed by atoms with Crippen LogP contribution in [0, 0.1) is 46.3 Å². The smallest absolute Gasteiger partial charge is 0.393 e. The number of ketones is 1. The molecule has 0 aromatic carbocycles. The normalized spacial score (nSPS) is 42.5. The van der Waals surface area contributed by atoms with Crippen molar-refractivity contribution in [3.63, 3.8) is 0 Å². The van der Waals surface area contributed by atoms with Crippen molar-refractivity contribution >= 4 is 5.78 Å². The van der Waals surface area contributed by atoms with Crippen LogP contribution in [0.4, 0.5) is 30.7 Å². The van der Waals surface area contributed by atoms with Gasteiger partial charge in [0.15, 0.2) is 0 Å². The Morgan fingerprint density at radius 2 is 1.56 bits per heavy atom. The lowest BCUT2D eigenvalue weighted by molar-refractivity contribution is -0.343. The fourth-order valence-corrected chi connectivity index (χ4v) is 9.23. The molecule has 0 saturated heterocycles. The lowest BCUT2D eigenvalue weighted by atomic mass is 9.44. The fraction of sp³-hybridized carbons (Fsp3) is 0.963. The lowest BCUT2D eigenvalue weighted by Crippen LogP contribution is -2.55. The minimum atomic E-state index is -6.02. The number of aliphatic hydroxyl groups is 1. The lowest BCUT2D eigenvalue weighted by Gasteiger charge is -2.60. The van der Waals surface area contributed by atoms with Crippen LogP contribution in [-0.2, 0) is 4.79 Å². The maximum absolute atomic E-state index is 14.1. The number of carbonyl (C=O) groups excluding carboxylic acids is 1. The third kappa shape index (κ3) is 4.31. The van der Waals surface area contributed by atoms with Gasteiger partial charge in [0.25, 0.3) is 5.67 Å². The van der Waals surface area contributed by atoms with Crippen LogP contribution < -0.4 is 0 Å². The van der Waals surface area contributed by atoms with Crippen molar-refractivity contribution in [3.8, 4) is 0 Å². The second kappa shape index (κ2) is 9.11. The van der Waals surface area contributed by atoms with Crippen LogP contribution in [0.15, 0.2) is 0 Å². The molecule has 9 atom stereocenters. The molecule has 4 fully saturated rings. The molecular formula is C27H39F7O2. The van der Waals surface area contributed by atoms with E-state index in [1.165, 1.54) is 0 Å². The first-order valence-corrected chi connectivity index (χ1v) is 13.5. The molecule has 0 spiro atoms. The van der Waals surface area contributed by atoms with Gasteiger partial charge in [-0.3, -0.25) is 4.79 Å². The van der Waals surface area contributed by atoms with Gasteiger partial charge in [-0.05, 0) is 98.2 Å². The van der Waals surface area contributed by atoms with Crippen LogP contribution in [0.2, 0.25) is 0 Å². The van der Waals surface area contributed by atoms with E-state index in [4.69, 9.17) is 0 Å². The second-order valence-electron chi connectivity index (χ2n) is 12.9. The summed E-state index contributed by atoms with van der Waals surface area (Å²) in [5, 5.41) is 10.2. The van der Waals surface area contributed by atoms with Crippen molar-refractivity contribution in [3.05, 3.63) is 0 Å². The SMILES string of the molecule is C[C@H](CCCC(F)(C(F)(F)F)C(F)(F)F)[C@H]1CC(=O)[C@H]2[C@@H]3CC[C@H]4CC(O)CC[C@]4(C)[C@H]3CC[C@]12C. The van der Waals surface area contributed by atoms with Gasteiger partial charge in [0.1, 0.15) is 5.78 Å². The summed E-state index contributed by atoms with van der Waals surface area (Å²) in [6.07, 6.45) is -7.99. The van der Waals surface area contributed by atoms with E-state index < -0.39 is 30.9 Å². The molecule has 9 heteroatoms. The summed E-state index contributed by atoms with van der Waals surface area (Å²) < 4.78 is 91.7. The molecule has 1 unspecified atom stereocenters. The van der Waals surface area contributed by atoms with Gasteiger partial charge >= 0.3 is 12.4 Å². The molecule has 0 aromatic rings. The zero-order chi connectivity index (χ0) is 26.9. The summed E-state index contributed by atoms with van der Waals surface area (Å²) in [5.41, 5.74) is -5.46. The summed E-state index contributed by atoms with van der Waals surface area (Å²) in [5.74, 6) is 0.709. The van der Waals surface area contributed by atoms with Crippen LogP contribution in [-0.4, -0.2) is 35.0 Å². The number of aliphatic hydroxyl groups excluding tert-OH is 1. The van der Waals surface area contributed by atoms with Gasteiger partial charge in [-0.2, -0.15) is 26.3 Å². The van der Waals surface area contributed by atoms with Gasteiger partial charge in [0, 0.05) is 12.3 Å². The van der Waals surface area contributed by atoms with Crippen molar-refractivity contribution in [2.75, 3.05) is 0 Å². The summed E-state index contributed by atoms with van der Waals surface area (Å²) in [4.78, 5) is 13.4. The molecule has 0 amide bonds. The van der Waals surface area contributed by atoms with Gasteiger partial charge in [-0.25, -0.2) is 4.39 Å². The van der Waals surface area contributed by atoms with E-state index in [-0.39, 0.29) is 52.8 Å². The van der Waals surface area contributed by atoms with Crippen LogP contribution in [0.25, 0.3) is 0 Å². The highest BCUT2D eigenvalue weighted by atomic mass is 19.4. The average Bonchev–Trinajstić information content (AvgIpc) is 3.03. The third-order valence-corrected chi connectivity index (χ3v) is 11.2. The maximum atomic E-state index is 14.1. The predicted octanol–water partition coefficient (Wildman–Crippen LogP) is 7.82. The number of carbonyl (C=O) groups is 1. The highest BCUT2D eigenvalue weighted by Crippen LogP contribution is 2.67. The molecule has 4 aliphatic rings. The molecule has 0 radical (unpaired) electrons. The Labute approximate surface area is 208 Å². The minimum absolute atomic E-state index is 0.0177. The van der Waals surface area contributed by atoms with Gasteiger partial charge in [-0.1, -0.05) is 27.2 Å². The van der Waals surface area contributed by atoms with E-state index in [0.29, 0.717) is 18.3 Å². The number of fused-ring (bicyclic) bond motifs is 5. The van der Waals surface area contributed by atoms with E-state index >= 15 is 0 Å². The van der Waals surface area contributed by atoms with E-state index in [9.17, 15) is 40.6 Å². The second-order valence-corrected chi connectivity index (χ2v) is 12.9. The van der Waals surface area contributed by atoms with Crippen LogP contribution in [0.5, 0.6) is 0 Å². The van der Waals surface area contributed by atoms with Gasteiger partial charge in [0.2, 0.25) is 0 Å². The first-order valence-electron chi connectivity index (χ1n) is 13.5.